The van der Waals surface area contributed by atoms with Crippen LogP contribution in [0.5, 0.6) is 0 Å². The maximum absolute atomic E-state index is 6.14. The summed E-state index contributed by atoms with van der Waals surface area (Å²) in [6.45, 7) is 14.2. The van der Waals surface area contributed by atoms with Gasteiger partial charge < -0.3 is 9.31 Å². The van der Waals surface area contributed by atoms with Gasteiger partial charge in [0.1, 0.15) is 0 Å². The number of hydrogen-bond acceptors (Lipinski definition) is 2. The van der Waals surface area contributed by atoms with Crippen LogP contribution in [0.4, 0.5) is 0 Å². The molecule has 0 aromatic heterocycles. The second-order valence-corrected chi connectivity index (χ2v) is 6.28. The SMILES string of the molecule is C=CCc1ccc(C)cc1B1OC(C)(C)C(C)(C)O1. The van der Waals surface area contributed by atoms with Crippen molar-refractivity contribution in [3.63, 3.8) is 0 Å². The molecule has 1 aromatic carbocycles. The van der Waals surface area contributed by atoms with Crippen LogP contribution in [0.15, 0.2) is 30.9 Å². The minimum absolute atomic E-state index is 0.292. The highest BCUT2D eigenvalue weighted by Gasteiger charge is 2.52. The largest absolute Gasteiger partial charge is 0.495 e. The average Bonchev–Trinajstić information content (AvgIpc) is 2.51. The first-order valence-corrected chi connectivity index (χ1v) is 6.83. The molecule has 1 aliphatic heterocycles. The first-order valence-electron chi connectivity index (χ1n) is 6.83. The summed E-state index contributed by atoms with van der Waals surface area (Å²) in [4.78, 5) is 0. The molecule has 2 nitrogen and oxygen atoms in total. The molecule has 0 radical (unpaired) electrons. The van der Waals surface area contributed by atoms with Gasteiger partial charge in [-0.3, -0.25) is 0 Å². The summed E-state index contributed by atoms with van der Waals surface area (Å²) in [5, 5.41) is 0. The van der Waals surface area contributed by atoms with E-state index in [0.717, 1.165) is 11.9 Å². The topological polar surface area (TPSA) is 18.5 Å². The van der Waals surface area contributed by atoms with E-state index in [9.17, 15) is 0 Å². The third kappa shape index (κ3) is 2.63. The van der Waals surface area contributed by atoms with E-state index in [-0.39, 0.29) is 18.3 Å². The molecule has 1 saturated heterocycles. The van der Waals surface area contributed by atoms with Crippen molar-refractivity contribution in [1.82, 2.24) is 0 Å². The quantitative estimate of drug-likeness (QED) is 0.613. The highest BCUT2D eigenvalue weighted by atomic mass is 16.7. The van der Waals surface area contributed by atoms with Gasteiger partial charge in [0.25, 0.3) is 0 Å². The second kappa shape index (κ2) is 4.80. The Kier molecular flexibility index (Phi) is 3.63. The molecule has 2 rings (SSSR count). The van der Waals surface area contributed by atoms with Crippen LogP contribution in [0.2, 0.25) is 0 Å². The molecule has 1 aliphatic rings. The molecule has 19 heavy (non-hydrogen) atoms. The Balaban J connectivity index is 2.38. The lowest BCUT2D eigenvalue weighted by atomic mass is 9.74. The van der Waals surface area contributed by atoms with Crippen LogP contribution in [-0.4, -0.2) is 18.3 Å². The van der Waals surface area contributed by atoms with Crippen molar-refractivity contribution in [2.24, 2.45) is 0 Å². The molecule has 102 valence electrons. The summed E-state index contributed by atoms with van der Waals surface area (Å²) in [6, 6.07) is 6.41. The van der Waals surface area contributed by atoms with Crippen molar-refractivity contribution in [2.75, 3.05) is 0 Å². The number of aryl methyl sites for hydroxylation is 1. The predicted molar refractivity (Wildman–Crippen MR) is 80.8 cm³/mol. The van der Waals surface area contributed by atoms with Gasteiger partial charge >= 0.3 is 7.12 Å². The van der Waals surface area contributed by atoms with Gasteiger partial charge in [0.05, 0.1) is 11.2 Å². The van der Waals surface area contributed by atoms with E-state index in [1.807, 2.05) is 6.08 Å². The van der Waals surface area contributed by atoms with Crippen molar-refractivity contribution < 1.29 is 9.31 Å². The molecular weight excluding hydrogens is 235 g/mol. The zero-order chi connectivity index (χ0) is 14.3. The lowest BCUT2D eigenvalue weighted by molar-refractivity contribution is 0.00578. The molecule has 0 saturated carbocycles. The van der Waals surface area contributed by atoms with Crippen LogP contribution >= 0.6 is 0 Å². The Labute approximate surface area is 117 Å². The van der Waals surface area contributed by atoms with Crippen molar-refractivity contribution in [1.29, 1.82) is 0 Å². The highest BCUT2D eigenvalue weighted by Crippen LogP contribution is 2.36. The minimum atomic E-state index is -0.299. The maximum atomic E-state index is 6.14. The normalized spacial score (nSPS) is 20.6. The van der Waals surface area contributed by atoms with E-state index in [1.54, 1.807) is 0 Å². The average molecular weight is 258 g/mol. The smallest absolute Gasteiger partial charge is 0.399 e. The summed E-state index contributed by atoms with van der Waals surface area (Å²) in [5.41, 5.74) is 2.97. The van der Waals surface area contributed by atoms with Crippen LogP contribution in [0.1, 0.15) is 38.8 Å². The summed E-state index contributed by atoms with van der Waals surface area (Å²) in [6.07, 6.45) is 2.75. The van der Waals surface area contributed by atoms with E-state index in [0.29, 0.717) is 0 Å². The van der Waals surface area contributed by atoms with Crippen LogP contribution in [0.3, 0.4) is 0 Å². The van der Waals surface area contributed by atoms with Crippen LogP contribution < -0.4 is 5.46 Å². The van der Waals surface area contributed by atoms with E-state index in [2.05, 4.69) is 59.4 Å². The molecule has 1 aromatic rings. The van der Waals surface area contributed by atoms with E-state index < -0.39 is 0 Å². The van der Waals surface area contributed by atoms with E-state index in [1.165, 1.54) is 11.1 Å². The first kappa shape index (κ1) is 14.4. The lowest BCUT2D eigenvalue weighted by Gasteiger charge is -2.32. The van der Waals surface area contributed by atoms with Crippen molar-refractivity contribution in [2.45, 2.75) is 52.2 Å². The van der Waals surface area contributed by atoms with Crippen LogP contribution in [-0.2, 0) is 15.7 Å². The van der Waals surface area contributed by atoms with Crippen molar-refractivity contribution in [3.05, 3.63) is 42.0 Å². The van der Waals surface area contributed by atoms with E-state index in [4.69, 9.17) is 9.31 Å². The Bertz CT molecular complexity index is 476. The third-order valence-corrected chi connectivity index (χ3v) is 4.17. The van der Waals surface area contributed by atoms with Crippen molar-refractivity contribution in [3.8, 4) is 0 Å². The first-order chi connectivity index (χ1) is 8.77. The van der Waals surface area contributed by atoms with Gasteiger partial charge in [-0.2, -0.15) is 0 Å². The number of hydrogen-bond donors (Lipinski definition) is 0. The summed E-state index contributed by atoms with van der Waals surface area (Å²) < 4.78 is 12.3. The molecule has 1 heterocycles. The summed E-state index contributed by atoms with van der Waals surface area (Å²) in [5.74, 6) is 0. The standard InChI is InChI=1S/C16H23BO2/c1-7-8-13-10-9-12(2)11-14(13)17-18-15(3,4)16(5,6)19-17/h7,9-11H,1,8H2,2-6H3. The van der Waals surface area contributed by atoms with Gasteiger partial charge in [-0.1, -0.05) is 29.8 Å². The molecule has 0 N–H and O–H groups in total. The predicted octanol–water partition coefficient (Wildman–Crippen LogP) is 3.02. The van der Waals surface area contributed by atoms with Gasteiger partial charge in [0.2, 0.25) is 0 Å². The molecule has 0 atom stereocenters. The second-order valence-electron chi connectivity index (χ2n) is 6.28. The summed E-state index contributed by atoms with van der Waals surface area (Å²) in [7, 11) is -0.292. The molecule has 3 heteroatoms. The number of allylic oxidation sites excluding steroid dienone is 1. The summed E-state index contributed by atoms with van der Waals surface area (Å²) >= 11 is 0. The van der Waals surface area contributed by atoms with Crippen molar-refractivity contribution >= 4 is 12.6 Å². The van der Waals surface area contributed by atoms with Gasteiger partial charge in [-0.15, -0.1) is 6.58 Å². The fourth-order valence-corrected chi connectivity index (χ4v) is 2.25. The number of rotatable bonds is 3. The molecule has 0 aliphatic carbocycles. The molecule has 0 unspecified atom stereocenters. The Morgan fingerprint density at radius 3 is 2.26 bits per heavy atom. The van der Waals surface area contributed by atoms with Gasteiger partial charge in [0, 0.05) is 0 Å². The zero-order valence-electron chi connectivity index (χ0n) is 12.6. The fraction of sp³-hybridized carbons (Fsp3) is 0.500. The fourth-order valence-electron chi connectivity index (χ4n) is 2.25. The van der Waals surface area contributed by atoms with Gasteiger partial charge in [-0.05, 0) is 52.1 Å². The molecular formula is C16H23BO2. The Morgan fingerprint density at radius 1 is 1.16 bits per heavy atom. The minimum Gasteiger partial charge on any atom is -0.399 e. The molecule has 0 amide bonds. The molecule has 1 fully saturated rings. The Morgan fingerprint density at radius 2 is 1.74 bits per heavy atom. The Hall–Kier alpha value is -1.06. The number of benzene rings is 1. The third-order valence-electron chi connectivity index (χ3n) is 4.17. The molecule has 0 bridgehead atoms. The van der Waals surface area contributed by atoms with E-state index >= 15 is 0 Å². The lowest BCUT2D eigenvalue weighted by Crippen LogP contribution is -2.41. The maximum Gasteiger partial charge on any atom is 0.495 e. The monoisotopic (exact) mass is 258 g/mol. The highest BCUT2D eigenvalue weighted by molar-refractivity contribution is 6.62. The van der Waals surface area contributed by atoms with Crippen LogP contribution in [0, 0.1) is 6.92 Å². The molecule has 0 spiro atoms. The van der Waals surface area contributed by atoms with Crippen LogP contribution in [0.25, 0.3) is 0 Å². The van der Waals surface area contributed by atoms with Gasteiger partial charge in [-0.25, -0.2) is 0 Å². The zero-order valence-corrected chi connectivity index (χ0v) is 12.6. The van der Waals surface area contributed by atoms with Gasteiger partial charge in [0.15, 0.2) is 0 Å².